The van der Waals surface area contributed by atoms with Crippen LogP contribution in [-0.2, 0) is 25.2 Å². The number of halogens is 3. The maximum Gasteiger partial charge on any atom is 0.416 e. The maximum atomic E-state index is 13.4. The van der Waals surface area contributed by atoms with E-state index in [0.717, 1.165) is 37.1 Å². The summed E-state index contributed by atoms with van der Waals surface area (Å²) in [6.07, 6.45) is 1.21. The number of unbranched alkanes of at least 4 members (excludes halogenated alkanes) is 2. The monoisotopic (exact) mass is 479 g/mol. The van der Waals surface area contributed by atoms with Crippen molar-refractivity contribution in [2.45, 2.75) is 84.5 Å². The van der Waals surface area contributed by atoms with Gasteiger partial charge in [-0.1, -0.05) is 58.8 Å². The van der Waals surface area contributed by atoms with Crippen molar-refractivity contribution in [3.05, 3.63) is 58.2 Å². The molecule has 0 bridgehead atoms. The minimum atomic E-state index is -4.60. The molecule has 0 atom stereocenters. The molecule has 0 fully saturated rings. The summed E-state index contributed by atoms with van der Waals surface area (Å²) in [6, 6.07) is 4.80. The third kappa shape index (κ3) is 7.19. The van der Waals surface area contributed by atoms with Crippen molar-refractivity contribution >= 4 is 12.0 Å². The topological polar surface area (TPSA) is 59.5 Å². The van der Waals surface area contributed by atoms with Gasteiger partial charge in [-0.2, -0.15) is 18.2 Å². The van der Waals surface area contributed by atoms with E-state index in [4.69, 9.17) is 0 Å². The van der Waals surface area contributed by atoms with Crippen LogP contribution in [0.3, 0.4) is 0 Å². The first-order valence-corrected chi connectivity index (χ1v) is 11.5. The first-order chi connectivity index (χ1) is 15.5. The fourth-order valence-electron chi connectivity index (χ4n) is 3.66. The quantitative estimate of drug-likeness (QED) is 0.506. The molecule has 0 aliphatic carbocycles. The van der Waals surface area contributed by atoms with E-state index in [0.29, 0.717) is 12.0 Å². The summed E-state index contributed by atoms with van der Waals surface area (Å²) < 4.78 is 44.0. The molecular weight excluding hydrogens is 443 g/mol. The normalized spacial score (nSPS) is 13.8. The SMILES string of the molecule is CCCCCn1/c(=N/C(=O)c2cc(C(F)(F)F)ccc2/C=C/C(C)(C)O)cc(C(C)(C)C)n1C. The van der Waals surface area contributed by atoms with Crippen LogP contribution in [-0.4, -0.2) is 26.0 Å². The third-order valence-electron chi connectivity index (χ3n) is 5.48. The number of carbonyl (C=O) groups is 1. The molecular formula is C26H36F3N3O2. The highest BCUT2D eigenvalue weighted by atomic mass is 19.4. The lowest BCUT2D eigenvalue weighted by Crippen LogP contribution is -2.25. The Morgan fingerprint density at radius 3 is 2.26 bits per heavy atom. The number of aromatic nitrogens is 2. The van der Waals surface area contributed by atoms with Crippen molar-refractivity contribution in [2.24, 2.45) is 12.0 Å². The van der Waals surface area contributed by atoms with Gasteiger partial charge in [0.25, 0.3) is 5.91 Å². The van der Waals surface area contributed by atoms with Crippen LogP contribution < -0.4 is 5.49 Å². The molecule has 2 rings (SSSR count). The second-order valence-corrected chi connectivity index (χ2v) is 10.2. The molecule has 188 valence electrons. The Kier molecular flexibility index (Phi) is 8.40. The van der Waals surface area contributed by atoms with Gasteiger partial charge in [-0.3, -0.25) is 14.2 Å². The highest BCUT2D eigenvalue weighted by Gasteiger charge is 2.31. The molecule has 1 heterocycles. The molecule has 1 aromatic carbocycles. The van der Waals surface area contributed by atoms with Crippen LogP contribution >= 0.6 is 0 Å². The molecule has 0 radical (unpaired) electrons. The average molecular weight is 480 g/mol. The predicted octanol–water partition coefficient (Wildman–Crippen LogP) is 5.86. The summed E-state index contributed by atoms with van der Waals surface area (Å²) >= 11 is 0. The zero-order valence-corrected chi connectivity index (χ0v) is 21.1. The van der Waals surface area contributed by atoms with E-state index in [1.54, 1.807) is 0 Å². The lowest BCUT2D eigenvalue weighted by molar-refractivity contribution is -0.137. The Morgan fingerprint density at radius 1 is 1.09 bits per heavy atom. The number of carbonyl (C=O) groups excluding carboxylic acids is 1. The Bertz CT molecular complexity index is 1110. The lowest BCUT2D eigenvalue weighted by Gasteiger charge is -2.20. The average Bonchev–Trinajstić information content (AvgIpc) is 3.01. The summed E-state index contributed by atoms with van der Waals surface area (Å²) in [7, 11) is 1.90. The Hall–Kier alpha value is -2.61. The van der Waals surface area contributed by atoms with E-state index in [2.05, 4.69) is 32.7 Å². The van der Waals surface area contributed by atoms with E-state index in [-0.39, 0.29) is 16.5 Å². The molecule has 0 saturated carbocycles. The van der Waals surface area contributed by atoms with Crippen molar-refractivity contribution < 1.29 is 23.1 Å². The second kappa shape index (κ2) is 10.3. The van der Waals surface area contributed by atoms with Crippen LogP contribution in [0.5, 0.6) is 0 Å². The number of alkyl halides is 3. The number of hydrogen-bond donors (Lipinski definition) is 1. The molecule has 0 aliphatic rings. The molecule has 5 nitrogen and oxygen atoms in total. The van der Waals surface area contributed by atoms with Gasteiger partial charge in [-0.25, -0.2) is 0 Å². The van der Waals surface area contributed by atoms with Gasteiger partial charge in [0, 0.05) is 36.3 Å². The van der Waals surface area contributed by atoms with Crippen molar-refractivity contribution in [3.63, 3.8) is 0 Å². The molecule has 2 aromatic rings. The van der Waals surface area contributed by atoms with Gasteiger partial charge in [0.2, 0.25) is 0 Å². The van der Waals surface area contributed by atoms with Crippen LogP contribution in [0.25, 0.3) is 6.08 Å². The number of hydrogen-bond acceptors (Lipinski definition) is 2. The molecule has 0 saturated heterocycles. The fourth-order valence-corrected chi connectivity index (χ4v) is 3.66. The smallest absolute Gasteiger partial charge is 0.386 e. The third-order valence-corrected chi connectivity index (χ3v) is 5.48. The number of aliphatic hydroxyl groups is 1. The molecule has 0 unspecified atom stereocenters. The van der Waals surface area contributed by atoms with Crippen molar-refractivity contribution in [3.8, 4) is 0 Å². The standard InChI is InChI=1S/C26H36F3N3O2/c1-8-9-10-15-32-22(17-21(31(32)7)24(2,3)4)30-23(33)20-16-19(26(27,28)29)12-11-18(20)13-14-25(5,6)34/h11-14,16-17,34H,8-10,15H2,1-7H3/b14-13+,30-22+. The van der Waals surface area contributed by atoms with Gasteiger partial charge in [-0.05, 0) is 38.0 Å². The highest BCUT2D eigenvalue weighted by Crippen LogP contribution is 2.31. The van der Waals surface area contributed by atoms with Gasteiger partial charge in [0.05, 0.1) is 11.2 Å². The minimum absolute atomic E-state index is 0.170. The van der Waals surface area contributed by atoms with E-state index in [1.165, 1.54) is 32.1 Å². The summed E-state index contributed by atoms with van der Waals surface area (Å²) in [5.74, 6) is -0.767. The Morgan fingerprint density at radius 2 is 1.74 bits per heavy atom. The number of rotatable bonds is 7. The molecule has 0 spiro atoms. The van der Waals surface area contributed by atoms with Crippen LogP contribution in [0.15, 0.2) is 35.3 Å². The van der Waals surface area contributed by atoms with Crippen LogP contribution in [0.4, 0.5) is 13.2 Å². The first kappa shape index (κ1) is 27.6. The molecule has 1 N–H and O–H groups in total. The van der Waals surface area contributed by atoms with Gasteiger partial charge < -0.3 is 5.11 Å². The van der Waals surface area contributed by atoms with Gasteiger partial charge in [0.15, 0.2) is 5.49 Å². The lowest BCUT2D eigenvalue weighted by atomic mass is 9.92. The first-order valence-electron chi connectivity index (χ1n) is 11.5. The van der Waals surface area contributed by atoms with Crippen LogP contribution in [0.1, 0.15) is 88.0 Å². The van der Waals surface area contributed by atoms with Crippen molar-refractivity contribution in [1.82, 2.24) is 9.36 Å². The summed E-state index contributed by atoms with van der Waals surface area (Å²) in [4.78, 5) is 17.5. The largest absolute Gasteiger partial charge is 0.416 e. The molecule has 1 amide bonds. The summed E-state index contributed by atoms with van der Waals surface area (Å²) in [5.41, 5.74) is -0.876. The molecule has 34 heavy (non-hydrogen) atoms. The zero-order valence-electron chi connectivity index (χ0n) is 21.1. The van der Waals surface area contributed by atoms with Crippen molar-refractivity contribution in [1.29, 1.82) is 0 Å². The van der Waals surface area contributed by atoms with Crippen molar-refractivity contribution in [2.75, 3.05) is 0 Å². The van der Waals surface area contributed by atoms with Gasteiger partial charge >= 0.3 is 6.18 Å². The fraction of sp³-hybridized carbons (Fsp3) is 0.538. The zero-order chi connectivity index (χ0) is 25.9. The van der Waals surface area contributed by atoms with Crippen LogP contribution in [0.2, 0.25) is 0 Å². The minimum Gasteiger partial charge on any atom is -0.386 e. The molecule has 1 aromatic heterocycles. The van der Waals surface area contributed by atoms with E-state index < -0.39 is 23.2 Å². The Balaban J connectivity index is 2.68. The van der Waals surface area contributed by atoms with Gasteiger partial charge in [0.1, 0.15) is 0 Å². The Labute approximate surface area is 199 Å². The van der Waals surface area contributed by atoms with Crippen LogP contribution in [0, 0.1) is 0 Å². The van der Waals surface area contributed by atoms with E-state index >= 15 is 0 Å². The summed E-state index contributed by atoms with van der Waals surface area (Å²) in [5, 5.41) is 9.99. The molecule has 8 heteroatoms. The van der Waals surface area contributed by atoms with E-state index in [1.807, 2.05) is 22.5 Å². The number of nitrogens with zero attached hydrogens (tertiary/aromatic N) is 3. The van der Waals surface area contributed by atoms with E-state index in [9.17, 15) is 23.1 Å². The molecule has 0 aliphatic heterocycles. The number of benzene rings is 1. The number of amides is 1. The summed E-state index contributed by atoms with van der Waals surface area (Å²) in [6.45, 7) is 12.0. The second-order valence-electron chi connectivity index (χ2n) is 10.2. The van der Waals surface area contributed by atoms with Gasteiger partial charge in [-0.15, -0.1) is 0 Å². The highest BCUT2D eigenvalue weighted by molar-refractivity contribution is 5.98. The maximum absolute atomic E-state index is 13.4. The predicted molar refractivity (Wildman–Crippen MR) is 128 cm³/mol.